The number of nitrogens with zero attached hydrogens (tertiary/aromatic N) is 2. The van der Waals surface area contributed by atoms with Crippen molar-refractivity contribution in [2.45, 2.75) is 37.8 Å². The second kappa shape index (κ2) is 8.82. The molecule has 1 aliphatic heterocycles. The van der Waals surface area contributed by atoms with Gasteiger partial charge < -0.3 is 19.9 Å². The zero-order chi connectivity index (χ0) is 13.7. The third kappa shape index (κ3) is 4.88. The summed E-state index contributed by atoms with van der Waals surface area (Å²) in [6.45, 7) is 3.89. The van der Waals surface area contributed by atoms with Crippen molar-refractivity contribution < 1.29 is 9.53 Å². The molecule has 1 saturated carbocycles. The number of likely N-dealkylation sites (N-methyl/N-ethyl adjacent to an activating group) is 1. The van der Waals surface area contributed by atoms with E-state index in [9.17, 15) is 4.79 Å². The Hall–Kier alpha value is -0.360. The predicted molar refractivity (Wildman–Crippen MR) is 82.4 cm³/mol. The molecule has 0 aromatic rings. The third-order valence-electron chi connectivity index (χ3n) is 4.04. The molecule has 1 unspecified atom stereocenters. The predicted octanol–water partition coefficient (Wildman–Crippen LogP) is 0.729. The van der Waals surface area contributed by atoms with Crippen molar-refractivity contribution in [3.8, 4) is 0 Å². The maximum absolute atomic E-state index is 12.6. The van der Waals surface area contributed by atoms with Crippen molar-refractivity contribution in [2.75, 3.05) is 46.9 Å². The van der Waals surface area contributed by atoms with E-state index in [2.05, 4.69) is 29.2 Å². The van der Waals surface area contributed by atoms with Crippen LogP contribution in [0.15, 0.2) is 0 Å². The highest BCUT2D eigenvalue weighted by Crippen LogP contribution is 2.24. The SMILES string of the molecule is CN(C)CCN(C(=O)C1CNCCO1)C1CCCC1.Cl. The second-order valence-electron chi connectivity index (χ2n) is 5.84. The number of ether oxygens (including phenoxy) is 1. The highest BCUT2D eigenvalue weighted by Gasteiger charge is 2.32. The van der Waals surface area contributed by atoms with Gasteiger partial charge in [0.1, 0.15) is 6.10 Å². The van der Waals surface area contributed by atoms with Crippen LogP contribution in [0.1, 0.15) is 25.7 Å². The smallest absolute Gasteiger partial charge is 0.253 e. The molecule has 118 valence electrons. The second-order valence-corrected chi connectivity index (χ2v) is 5.84. The molecule has 2 fully saturated rings. The number of nitrogens with one attached hydrogen (secondary N) is 1. The van der Waals surface area contributed by atoms with E-state index in [0.29, 0.717) is 19.2 Å². The Kier molecular flexibility index (Phi) is 7.80. The molecule has 1 heterocycles. The molecule has 2 rings (SSSR count). The Balaban J connectivity index is 0.00000200. The summed E-state index contributed by atoms with van der Waals surface area (Å²) < 4.78 is 5.62. The van der Waals surface area contributed by atoms with Crippen LogP contribution in [0.2, 0.25) is 0 Å². The molecule has 0 spiro atoms. The number of morpholine rings is 1. The van der Waals surface area contributed by atoms with Crippen LogP contribution in [0, 0.1) is 0 Å². The molecule has 2 aliphatic rings. The molecule has 0 radical (unpaired) electrons. The monoisotopic (exact) mass is 305 g/mol. The number of hydrogen-bond donors (Lipinski definition) is 1. The fourth-order valence-corrected chi connectivity index (χ4v) is 2.91. The van der Waals surface area contributed by atoms with Crippen LogP contribution in [0.5, 0.6) is 0 Å². The van der Waals surface area contributed by atoms with E-state index < -0.39 is 0 Å². The molecule has 1 saturated heterocycles. The summed E-state index contributed by atoms with van der Waals surface area (Å²) in [4.78, 5) is 16.8. The van der Waals surface area contributed by atoms with E-state index in [1.54, 1.807) is 0 Å². The van der Waals surface area contributed by atoms with E-state index in [1.165, 1.54) is 12.8 Å². The number of carbonyl (C=O) groups excluding carboxylic acids is 1. The third-order valence-corrected chi connectivity index (χ3v) is 4.04. The van der Waals surface area contributed by atoms with Crippen molar-refractivity contribution >= 4 is 18.3 Å². The van der Waals surface area contributed by atoms with Gasteiger partial charge in [-0.05, 0) is 26.9 Å². The zero-order valence-corrected chi connectivity index (χ0v) is 13.5. The Morgan fingerprint density at radius 1 is 1.25 bits per heavy atom. The molecule has 5 nitrogen and oxygen atoms in total. The maximum Gasteiger partial charge on any atom is 0.253 e. The summed E-state index contributed by atoms with van der Waals surface area (Å²) in [7, 11) is 4.10. The summed E-state index contributed by atoms with van der Waals surface area (Å²) in [5, 5.41) is 3.24. The molecular formula is C14H28ClN3O2. The Morgan fingerprint density at radius 2 is 1.95 bits per heavy atom. The van der Waals surface area contributed by atoms with Gasteiger partial charge in [-0.1, -0.05) is 12.8 Å². The van der Waals surface area contributed by atoms with E-state index in [4.69, 9.17) is 4.74 Å². The first-order valence-electron chi connectivity index (χ1n) is 7.46. The first-order chi connectivity index (χ1) is 9.18. The molecule has 1 amide bonds. The van der Waals surface area contributed by atoms with E-state index in [0.717, 1.165) is 32.5 Å². The molecule has 0 aromatic carbocycles. The summed E-state index contributed by atoms with van der Waals surface area (Å²) in [6, 6.07) is 0.429. The van der Waals surface area contributed by atoms with Gasteiger partial charge in [-0.15, -0.1) is 12.4 Å². The first kappa shape index (κ1) is 17.7. The summed E-state index contributed by atoms with van der Waals surface area (Å²) in [5.41, 5.74) is 0. The van der Waals surface area contributed by atoms with Gasteiger partial charge >= 0.3 is 0 Å². The lowest BCUT2D eigenvalue weighted by atomic mass is 10.1. The normalized spacial score (nSPS) is 23.6. The van der Waals surface area contributed by atoms with Gasteiger partial charge in [0, 0.05) is 32.2 Å². The molecular weight excluding hydrogens is 278 g/mol. The minimum absolute atomic E-state index is 0. The van der Waals surface area contributed by atoms with Crippen LogP contribution in [0.25, 0.3) is 0 Å². The lowest BCUT2D eigenvalue weighted by molar-refractivity contribution is -0.147. The van der Waals surface area contributed by atoms with Crippen LogP contribution >= 0.6 is 12.4 Å². The minimum Gasteiger partial charge on any atom is -0.366 e. The molecule has 6 heteroatoms. The van der Waals surface area contributed by atoms with Gasteiger partial charge in [0.15, 0.2) is 0 Å². The number of rotatable bonds is 5. The summed E-state index contributed by atoms with van der Waals surface area (Å²) in [6.07, 6.45) is 4.52. The fourth-order valence-electron chi connectivity index (χ4n) is 2.91. The van der Waals surface area contributed by atoms with Crippen molar-refractivity contribution in [1.29, 1.82) is 0 Å². The van der Waals surface area contributed by atoms with Gasteiger partial charge in [-0.25, -0.2) is 0 Å². The highest BCUT2D eigenvalue weighted by molar-refractivity contribution is 5.85. The Morgan fingerprint density at radius 3 is 2.50 bits per heavy atom. The number of hydrogen-bond acceptors (Lipinski definition) is 4. The average molecular weight is 306 g/mol. The minimum atomic E-state index is -0.281. The van der Waals surface area contributed by atoms with E-state index >= 15 is 0 Å². The van der Waals surface area contributed by atoms with Gasteiger partial charge in [0.2, 0.25) is 0 Å². The van der Waals surface area contributed by atoms with Crippen molar-refractivity contribution in [1.82, 2.24) is 15.1 Å². The molecule has 1 N–H and O–H groups in total. The average Bonchev–Trinajstić information content (AvgIpc) is 2.93. The lowest BCUT2D eigenvalue weighted by Gasteiger charge is -2.34. The maximum atomic E-state index is 12.6. The Labute approximate surface area is 128 Å². The number of halogens is 1. The topological polar surface area (TPSA) is 44.8 Å². The van der Waals surface area contributed by atoms with Crippen LogP contribution in [-0.2, 0) is 9.53 Å². The summed E-state index contributed by atoms with van der Waals surface area (Å²) in [5.74, 6) is 0.181. The van der Waals surface area contributed by atoms with Crippen LogP contribution in [0.3, 0.4) is 0 Å². The van der Waals surface area contributed by atoms with Gasteiger partial charge in [0.25, 0.3) is 5.91 Å². The molecule has 1 aliphatic carbocycles. The molecule has 20 heavy (non-hydrogen) atoms. The van der Waals surface area contributed by atoms with E-state index in [1.807, 2.05) is 0 Å². The molecule has 1 atom stereocenters. The standard InChI is InChI=1S/C14H27N3O2.ClH/c1-16(2)8-9-17(12-5-3-4-6-12)14(18)13-11-15-7-10-19-13;/h12-13,15H,3-11H2,1-2H3;1H. The van der Waals surface area contributed by atoms with E-state index in [-0.39, 0.29) is 24.4 Å². The van der Waals surface area contributed by atoms with Crippen molar-refractivity contribution in [3.63, 3.8) is 0 Å². The molecule has 0 aromatic heterocycles. The van der Waals surface area contributed by atoms with Crippen LogP contribution < -0.4 is 5.32 Å². The van der Waals surface area contributed by atoms with Gasteiger partial charge in [-0.2, -0.15) is 0 Å². The largest absolute Gasteiger partial charge is 0.366 e. The van der Waals surface area contributed by atoms with Gasteiger partial charge in [0.05, 0.1) is 6.61 Å². The molecule has 0 bridgehead atoms. The van der Waals surface area contributed by atoms with Crippen molar-refractivity contribution in [3.05, 3.63) is 0 Å². The van der Waals surface area contributed by atoms with Crippen molar-refractivity contribution in [2.24, 2.45) is 0 Å². The first-order valence-corrected chi connectivity index (χ1v) is 7.46. The van der Waals surface area contributed by atoms with Crippen LogP contribution in [-0.4, -0.2) is 74.7 Å². The fraction of sp³-hybridized carbons (Fsp3) is 0.929. The van der Waals surface area contributed by atoms with Gasteiger partial charge in [-0.3, -0.25) is 4.79 Å². The number of amides is 1. The Bertz CT molecular complexity index is 290. The lowest BCUT2D eigenvalue weighted by Crippen LogP contribution is -2.53. The number of carbonyl (C=O) groups is 1. The highest BCUT2D eigenvalue weighted by atomic mass is 35.5. The van der Waals surface area contributed by atoms with Crippen LogP contribution in [0.4, 0.5) is 0 Å². The summed E-state index contributed by atoms with van der Waals surface area (Å²) >= 11 is 0. The quantitative estimate of drug-likeness (QED) is 0.813. The zero-order valence-electron chi connectivity index (χ0n) is 12.6.